The topological polar surface area (TPSA) is 99.6 Å². The number of amides is 2. The fourth-order valence-electron chi connectivity index (χ4n) is 6.42. The zero-order chi connectivity index (χ0) is 26.4. The monoisotopic (exact) mass is 535 g/mol. The zero-order valence-electron chi connectivity index (χ0n) is 21.7. The number of carbonyl (C=O) groups excluding carboxylic acids is 3. The highest BCUT2D eigenvalue weighted by molar-refractivity contribution is 8.02. The third kappa shape index (κ3) is 5.62. The van der Waals surface area contributed by atoms with Gasteiger partial charge in [0.15, 0.2) is 0 Å². The largest absolute Gasteiger partial charge is 0.465 e. The average Bonchev–Trinajstić information content (AvgIpc) is 3.54. The van der Waals surface area contributed by atoms with Crippen LogP contribution < -0.4 is 0 Å². The van der Waals surface area contributed by atoms with Gasteiger partial charge >= 0.3 is 5.97 Å². The molecule has 5 atom stereocenters. The van der Waals surface area contributed by atoms with Crippen LogP contribution in [0.2, 0.25) is 0 Å². The van der Waals surface area contributed by atoms with Crippen LogP contribution in [0, 0.1) is 11.8 Å². The van der Waals surface area contributed by atoms with E-state index in [0.29, 0.717) is 39.3 Å². The Morgan fingerprint density at radius 2 is 2.00 bits per heavy atom. The number of fused-ring (bicyclic) bond motifs is 1. The van der Waals surface area contributed by atoms with Gasteiger partial charge in [-0.3, -0.25) is 19.3 Å². The maximum atomic E-state index is 14.1. The summed E-state index contributed by atoms with van der Waals surface area (Å²) >= 11 is 1.63. The number of nitrogens with zero attached hydrogens (tertiary/aromatic N) is 3. The number of hydrogen-bond donors (Lipinski definition) is 1. The molecule has 4 aliphatic heterocycles. The molecule has 9 nitrogen and oxygen atoms in total. The van der Waals surface area contributed by atoms with E-state index < -0.39 is 22.6 Å². The third-order valence-corrected chi connectivity index (χ3v) is 10.1. The highest BCUT2D eigenvalue weighted by Gasteiger charge is 2.74. The van der Waals surface area contributed by atoms with Gasteiger partial charge in [0, 0.05) is 44.5 Å². The van der Waals surface area contributed by atoms with Crippen LogP contribution in [0.15, 0.2) is 25.3 Å². The number of ether oxygens (including phenoxy) is 2. The van der Waals surface area contributed by atoms with Crippen LogP contribution in [-0.4, -0.2) is 119 Å². The van der Waals surface area contributed by atoms with Gasteiger partial charge in [-0.1, -0.05) is 12.2 Å². The van der Waals surface area contributed by atoms with Gasteiger partial charge in [-0.15, -0.1) is 24.9 Å². The van der Waals surface area contributed by atoms with Crippen molar-refractivity contribution in [2.24, 2.45) is 11.8 Å². The Labute approximate surface area is 224 Å². The smallest absolute Gasteiger partial charge is 0.310 e. The summed E-state index contributed by atoms with van der Waals surface area (Å²) in [5, 5.41) is 9.77. The molecule has 1 spiro atoms. The number of aliphatic hydroxyl groups is 1. The van der Waals surface area contributed by atoms with Crippen molar-refractivity contribution in [3.63, 3.8) is 0 Å². The van der Waals surface area contributed by atoms with E-state index in [1.54, 1.807) is 22.7 Å². The van der Waals surface area contributed by atoms with E-state index in [0.717, 1.165) is 45.3 Å². The number of carbonyl (C=O) groups is 3. The van der Waals surface area contributed by atoms with Crippen LogP contribution in [0.25, 0.3) is 0 Å². The minimum absolute atomic E-state index is 0.0256. The number of aliphatic hydroxyl groups excluding tert-OH is 1. The Balaban J connectivity index is 1.52. The van der Waals surface area contributed by atoms with Crippen molar-refractivity contribution >= 4 is 29.5 Å². The van der Waals surface area contributed by atoms with Gasteiger partial charge in [0.1, 0.15) is 6.04 Å². The number of thioether (sulfide) groups is 1. The molecule has 4 rings (SSSR count). The van der Waals surface area contributed by atoms with Crippen LogP contribution in [0.1, 0.15) is 32.1 Å². The van der Waals surface area contributed by atoms with Crippen LogP contribution in [-0.2, 0) is 23.9 Å². The molecule has 0 aromatic carbocycles. The van der Waals surface area contributed by atoms with Gasteiger partial charge in [0.25, 0.3) is 0 Å². The van der Waals surface area contributed by atoms with E-state index in [1.165, 1.54) is 4.90 Å². The highest BCUT2D eigenvalue weighted by Crippen LogP contribution is 2.66. The van der Waals surface area contributed by atoms with Crippen LogP contribution >= 0.6 is 11.8 Å². The molecule has 4 fully saturated rings. The SMILES string of the molecule is C=CCCCCOC(=O)[C@@H]1[C@@H]2CCC3(S2)C(C(=O)N(CC=C)CCN2CCOCC2)N(CCO)C(=O)[C@H]13. The summed E-state index contributed by atoms with van der Waals surface area (Å²) < 4.78 is 10.4. The first-order chi connectivity index (χ1) is 18.0. The maximum absolute atomic E-state index is 14.1. The lowest BCUT2D eigenvalue weighted by Gasteiger charge is -2.38. The molecule has 10 heteroatoms. The summed E-state index contributed by atoms with van der Waals surface area (Å²) in [5.41, 5.74) is 0. The van der Waals surface area contributed by atoms with Gasteiger partial charge < -0.3 is 24.4 Å². The number of unbranched alkanes of at least 4 members (excludes halogenated alkanes) is 2. The van der Waals surface area contributed by atoms with Crippen molar-refractivity contribution in [3.8, 4) is 0 Å². The predicted octanol–water partition coefficient (Wildman–Crippen LogP) is 1.32. The number of likely N-dealkylation sites (tertiary alicyclic amines) is 1. The first kappa shape index (κ1) is 28.1. The maximum Gasteiger partial charge on any atom is 0.310 e. The first-order valence-corrected chi connectivity index (χ1v) is 14.4. The number of morpholine rings is 1. The number of allylic oxidation sites excluding steroid dienone is 1. The quantitative estimate of drug-likeness (QED) is 0.202. The van der Waals surface area contributed by atoms with Crippen molar-refractivity contribution < 1.29 is 29.0 Å². The van der Waals surface area contributed by atoms with Crippen molar-refractivity contribution in [1.82, 2.24) is 14.7 Å². The summed E-state index contributed by atoms with van der Waals surface area (Å²) in [7, 11) is 0. The van der Waals surface area contributed by atoms with Gasteiger partial charge in [-0.25, -0.2) is 0 Å². The Morgan fingerprint density at radius 1 is 1.22 bits per heavy atom. The third-order valence-electron chi connectivity index (χ3n) is 8.15. The van der Waals surface area contributed by atoms with Crippen LogP contribution in [0.4, 0.5) is 0 Å². The summed E-state index contributed by atoms with van der Waals surface area (Å²) in [6, 6.07) is -0.706. The molecular formula is C27H41N3O6S. The van der Waals surface area contributed by atoms with Gasteiger partial charge in [-0.05, 0) is 32.1 Å². The molecular weight excluding hydrogens is 494 g/mol. The summed E-state index contributed by atoms with van der Waals surface area (Å²) in [6.07, 6.45) is 7.56. The highest BCUT2D eigenvalue weighted by atomic mass is 32.2. The van der Waals surface area contributed by atoms with Crippen LogP contribution in [0.3, 0.4) is 0 Å². The second-order valence-corrected chi connectivity index (χ2v) is 11.9. The predicted molar refractivity (Wildman–Crippen MR) is 142 cm³/mol. The molecule has 4 aliphatic rings. The first-order valence-electron chi connectivity index (χ1n) is 13.5. The molecule has 0 aliphatic carbocycles. The Bertz CT molecular complexity index is 865. The van der Waals surface area contributed by atoms with E-state index >= 15 is 0 Å². The summed E-state index contributed by atoms with van der Waals surface area (Å²) in [4.78, 5) is 46.7. The lowest BCUT2D eigenvalue weighted by molar-refractivity contribution is -0.154. The van der Waals surface area contributed by atoms with E-state index in [1.807, 2.05) is 6.08 Å². The molecule has 37 heavy (non-hydrogen) atoms. The summed E-state index contributed by atoms with van der Waals surface area (Å²) in [6.45, 7) is 12.4. The molecule has 4 heterocycles. The van der Waals surface area contributed by atoms with E-state index in [4.69, 9.17) is 9.47 Å². The minimum atomic E-state index is -0.706. The molecule has 0 saturated carbocycles. The lowest BCUT2D eigenvalue weighted by atomic mass is 9.71. The standard InChI is InChI=1S/C27H41N3O6S/c1-3-5-6-7-17-36-26(34)21-20-8-9-27(37-20)22(21)24(32)30(13-16-31)23(27)25(33)29(10-4-2)12-11-28-14-18-35-19-15-28/h3-4,20-23,31H,1-2,5-19H2/t20-,21+,22-,23?,27?/m0/s1. The molecule has 2 unspecified atom stereocenters. The molecule has 4 saturated heterocycles. The van der Waals surface area contributed by atoms with E-state index in [-0.39, 0.29) is 36.2 Å². The second-order valence-electron chi connectivity index (χ2n) is 10.3. The fourth-order valence-corrected chi connectivity index (χ4v) is 8.62. The second kappa shape index (κ2) is 12.8. The normalized spacial score (nSPS) is 30.8. The van der Waals surface area contributed by atoms with Gasteiger partial charge in [-0.2, -0.15) is 0 Å². The number of esters is 1. The number of β-amino-alcohol motifs (C(OH)–C–C–N with tert-alkyl or cyclic N) is 1. The number of hydrogen-bond acceptors (Lipinski definition) is 8. The average molecular weight is 536 g/mol. The van der Waals surface area contributed by atoms with Crippen molar-refractivity contribution in [3.05, 3.63) is 25.3 Å². The van der Waals surface area contributed by atoms with Crippen LogP contribution in [0.5, 0.6) is 0 Å². The lowest BCUT2D eigenvalue weighted by Crippen LogP contribution is -2.56. The van der Waals surface area contributed by atoms with E-state index in [2.05, 4.69) is 18.1 Å². The Morgan fingerprint density at radius 3 is 2.70 bits per heavy atom. The molecule has 0 radical (unpaired) electrons. The minimum Gasteiger partial charge on any atom is -0.465 e. The van der Waals surface area contributed by atoms with E-state index in [9.17, 15) is 19.5 Å². The van der Waals surface area contributed by atoms with Crippen molar-refractivity contribution in [1.29, 1.82) is 0 Å². The molecule has 1 N–H and O–H groups in total. The molecule has 2 amide bonds. The zero-order valence-corrected chi connectivity index (χ0v) is 22.5. The number of rotatable bonds is 14. The summed E-state index contributed by atoms with van der Waals surface area (Å²) in [5.74, 6) is -1.80. The fraction of sp³-hybridized carbons (Fsp3) is 0.741. The van der Waals surface area contributed by atoms with Crippen molar-refractivity contribution in [2.45, 2.75) is 48.1 Å². The Kier molecular flexibility index (Phi) is 9.72. The molecule has 2 bridgehead atoms. The van der Waals surface area contributed by atoms with Gasteiger partial charge in [0.2, 0.25) is 11.8 Å². The Hall–Kier alpha value is -1.88. The van der Waals surface area contributed by atoms with Crippen molar-refractivity contribution in [2.75, 3.05) is 65.7 Å². The van der Waals surface area contributed by atoms with Gasteiger partial charge in [0.05, 0.1) is 43.0 Å². The molecule has 0 aromatic rings. The molecule has 206 valence electrons. The molecule has 0 aromatic heterocycles.